The van der Waals surface area contributed by atoms with Crippen LogP contribution in [0.4, 0.5) is 17.1 Å². The van der Waals surface area contributed by atoms with E-state index in [1.54, 1.807) is 0 Å². The van der Waals surface area contributed by atoms with E-state index in [2.05, 4.69) is 253 Å². The molecule has 12 aromatic rings. The van der Waals surface area contributed by atoms with E-state index in [0.29, 0.717) is 5.92 Å². The minimum absolute atomic E-state index is 0.206. The maximum atomic E-state index is 6.34. The lowest BCUT2D eigenvalue weighted by Crippen LogP contribution is -2.16. The third-order valence-electron chi connectivity index (χ3n) is 14.1. The Balaban J connectivity index is 1.00. The summed E-state index contributed by atoms with van der Waals surface area (Å²) in [6, 6.07) is 86.1. The fraction of sp³-hybridized carbons (Fsp3) is 0.0462. The van der Waals surface area contributed by atoms with Crippen LogP contribution in [0.1, 0.15) is 29.5 Å². The quantitative estimate of drug-likeness (QED) is 0.152. The Labute approximate surface area is 396 Å². The van der Waals surface area contributed by atoms with Crippen molar-refractivity contribution in [2.75, 3.05) is 4.90 Å². The highest BCUT2D eigenvalue weighted by Gasteiger charge is 2.29. The van der Waals surface area contributed by atoms with Crippen molar-refractivity contribution in [3.63, 3.8) is 0 Å². The summed E-state index contributed by atoms with van der Waals surface area (Å²) < 4.78 is 8.77. The van der Waals surface area contributed by atoms with Gasteiger partial charge in [0.1, 0.15) is 11.2 Å². The molecule has 0 saturated heterocycles. The van der Waals surface area contributed by atoms with Gasteiger partial charge in [-0.3, -0.25) is 0 Å². The molecule has 0 aliphatic heterocycles. The summed E-state index contributed by atoms with van der Waals surface area (Å²) in [6.45, 7) is 2.35. The Kier molecular flexibility index (Phi) is 9.54. The van der Waals surface area contributed by atoms with Crippen LogP contribution < -0.4 is 4.90 Å². The molecule has 0 N–H and O–H groups in total. The molecule has 0 radical (unpaired) electrons. The predicted octanol–water partition coefficient (Wildman–Crippen LogP) is 17.9. The Bertz CT molecular complexity index is 3880. The molecular weight excluding hydrogens is 825 g/mol. The Morgan fingerprint density at radius 2 is 1.10 bits per heavy atom. The Morgan fingerprint density at radius 1 is 0.441 bits per heavy atom. The van der Waals surface area contributed by atoms with Gasteiger partial charge in [0.15, 0.2) is 0 Å². The van der Waals surface area contributed by atoms with E-state index in [9.17, 15) is 0 Å². The molecule has 2 unspecified atom stereocenters. The number of rotatable bonds is 8. The van der Waals surface area contributed by atoms with Crippen molar-refractivity contribution in [2.45, 2.75) is 12.8 Å². The second-order valence-electron chi connectivity index (χ2n) is 18.1. The molecule has 0 amide bonds. The highest BCUT2D eigenvalue weighted by atomic mass is 16.3. The molecule has 2 aromatic heterocycles. The SMILES string of the molecule is CC1C=Cc2cccc(-c3ccccc3N(c3ccc(-c4ccc5c(c4)oc4ccccc45)cc3)c3cccc(-c4cccc5c6ccccc6n(-c6ccccc6)c45)c3)c2C1c1ccccc1. The van der Waals surface area contributed by atoms with Crippen molar-refractivity contribution in [3.8, 4) is 39.1 Å². The molecule has 68 heavy (non-hydrogen) atoms. The summed E-state index contributed by atoms with van der Waals surface area (Å²) in [5.74, 6) is 0.531. The van der Waals surface area contributed by atoms with Gasteiger partial charge in [0.25, 0.3) is 0 Å². The zero-order chi connectivity index (χ0) is 45.1. The van der Waals surface area contributed by atoms with Gasteiger partial charge >= 0.3 is 0 Å². The third-order valence-corrected chi connectivity index (χ3v) is 14.1. The lowest BCUT2D eigenvalue weighted by Gasteiger charge is -2.33. The van der Waals surface area contributed by atoms with Crippen molar-refractivity contribution in [3.05, 3.63) is 259 Å². The molecule has 3 nitrogen and oxygen atoms in total. The Hall–Kier alpha value is -8.66. The lowest BCUT2D eigenvalue weighted by atomic mass is 9.73. The minimum Gasteiger partial charge on any atom is -0.456 e. The number of fused-ring (bicyclic) bond motifs is 7. The highest BCUT2D eigenvalue weighted by Crippen LogP contribution is 2.49. The second-order valence-corrected chi connectivity index (χ2v) is 18.1. The molecule has 0 spiro atoms. The molecule has 2 heterocycles. The van der Waals surface area contributed by atoms with Gasteiger partial charge in [-0.25, -0.2) is 0 Å². The van der Waals surface area contributed by atoms with E-state index < -0.39 is 0 Å². The molecule has 10 aromatic carbocycles. The zero-order valence-corrected chi connectivity index (χ0v) is 37.6. The van der Waals surface area contributed by atoms with Gasteiger partial charge < -0.3 is 13.9 Å². The van der Waals surface area contributed by atoms with E-state index in [1.807, 2.05) is 12.1 Å². The molecule has 322 valence electrons. The number of nitrogens with zero attached hydrogens (tertiary/aromatic N) is 2. The molecule has 1 aliphatic carbocycles. The average Bonchev–Trinajstić information content (AvgIpc) is 3.95. The summed E-state index contributed by atoms with van der Waals surface area (Å²) in [5, 5.41) is 4.74. The van der Waals surface area contributed by atoms with Gasteiger partial charge in [-0.1, -0.05) is 189 Å². The van der Waals surface area contributed by atoms with Crippen LogP contribution in [-0.4, -0.2) is 4.57 Å². The standard InChI is InChI=1S/C65H46N2O/c1-43-33-34-46-19-15-28-57(64(46)63(43)45-17-4-2-5-18-45)53-24-8-11-30-59(53)66(50-38-35-44(36-39-50)47-37-40-56-55-26-10-13-32-61(55)68-62(56)42-47)51-23-14-20-48(41-51)52-27-16-29-58-54-25-9-12-31-60(54)67(65(52)58)49-21-6-3-7-22-49/h2-43,63H,1H3. The number of anilines is 3. The van der Waals surface area contributed by atoms with Crippen LogP contribution in [0.15, 0.2) is 247 Å². The summed E-state index contributed by atoms with van der Waals surface area (Å²) >= 11 is 0. The number of benzene rings is 10. The van der Waals surface area contributed by atoms with Gasteiger partial charge in [-0.15, -0.1) is 0 Å². The van der Waals surface area contributed by atoms with Crippen molar-refractivity contribution in [1.82, 2.24) is 4.57 Å². The molecule has 1 aliphatic rings. The lowest BCUT2D eigenvalue weighted by molar-refractivity contribution is 0.620. The largest absolute Gasteiger partial charge is 0.456 e. The fourth-order valence-electron chi connectivity index (χ4n) is 11.0. The minimum atomic E-state index is 0.206. The average molecular weight is 871 g/mol. The molecule has 0 saturated carbocycles. The Morgan fingerprint density at radius 3 is 1.97 bits per heavy atom. The number of furan rings is 1. The first kappa shape index (κ1) is 39.7. The molecule has 0 fully saturated rings. The smallest absolute Gasteiger partial charge is 0.136 e. The van der Waals surface area contributed by atoms with Crippen molar-refractivity contribution in [1.29, 1.82) is 0 Å². The highest BCUT2D eigenvalue weighted by molar-refractivity contribution is 6.14. The number of hydrogen-bond donors (Lipinski definition) is 0. The van der Waals surface area contributed by atoms with Crippen LogP contribution in [-0.2, 0) is 0 Å². The van der Waals surface area contributed by atoms with Crippen LogP contribution in [0.3, 0.4) is 0 Å². The molecule has 0 bridgehead atoms. The molecule has 3 heteroatoms. The zero-order valence-electron chi connectivity index (χ0n) is 37.6. The van der Waals surface area contributed by atoms with Crippen LogP contribution in [0.25, 0.3) is 88.9 Å². The van der Waals surface area contributed by atoms with Crippen LogP contribution in [0.5, 0.6) is 0 Å². The first-order valence-corrected chi connectivity index (χ1v) is 23.6. The van der Waals surface area contributed by atoms with Crippen molar-refractivity contribution < 1.29 is 4.42 Å². The first-order valence-electron chi connectivity index (χ1n) is 23.6. The summed E-state index contributed by atoms with van der Waals surface area (Å²) in [6.07, 6.45) is 4.70. The molecule has 13 rings (SSSR count). The summed E-state index contributed by atoms with van der Waals surface area (Å²) in [5.41, 5.74) is 19.5. The van der Waals surface area contributed by atoms with Gasteiger partial charge in [-0.2, -0.15) is 0 Å². The van der Waals surface area contributed by atoms with E-state index in [-0.39, 0.29) is 5.92 Å². The monoisotopic (exact) mass is 870 g/mol. The first-order chi connectivity index (χ1) is 33.7. The fourth-order valence-corrected chi connectivity index (χ4v) is 11.0. The topological polar surface area (TPSA) is 21.3 Å². The molecule has 2 atom stereocenters. The number of allylic oxidation sites excluding steroid dienone is 1. The van der Waals surface area contributed by atoms with Crippen molar-refractivity contribution >= 4 is 66.9 Å². The number of aromatic nitrogens is 1. The molecular formula is C65H46N2O. The van der Waals surface area contributed by atoms with E-state index >= 15 is 0 Å². The third kappa shape index (κ3) is 6.58. The maximum absolute atomic E-state index is 6.34. The number of hydrogen-bond acceptors (Lipinski definition) is 2. The van der Waals surface area contributed by atoms with Gasteiger partial charge in [0.05, 0.1) is 16.7 Å². The van der Waals surface area contributed by atoms with Crippen LogP contribution in [0, 0.1) is 5.92 Å². The summed E-state index contributed by atoms with van der Waals surface area (Å²) in [4.78, 5) is 2.46. The maximum Gasteiger partial charge on any atom is 0.136 e. The van der Waals surface area contributed by atoms with Gasteiger partial charge in [0, 0.05) is 55.7 Å². The van der Waals surface area contributed by atoms with Crippen molar-refractivity contribution in [2.24, 2.45) is 5.92 Å². The van der Waals surface area contributed by atoms with E-state index in [4.69, 9.17) is 4.42 Å². The number of para-hydroxylation sites is 5. The van der Waals surface area contributed by atoms with E-state index in [1.165, 1.54) is 55.2 Å². The van der Waals surface area contributed by atoms with Crippen LogP contribution in [0.2, 0.25) is 0 Å². The predicted molar refractivity (Wildman–Crippen MR) is 286 cm³/mol. The van der Waals surface area contributed by atoms with Gasteiger partial charge in [0.2, 0.25) is 0 Å². The van der Waals surface area contributed by atoms with E-state index in [0.717, 1.165) is 61.4 Å². The van der Waals surface area contributed by atoms with Gasteiger partial charge in [-0.05, 0) is 112 Å². The second kappa shape index (κ2) is 16.3. The summed E-state index contributed by atoms with van der Waals surface area (Å²) in [7, 11) is 0. The van der Waals surface area contributed by atoms with Crippen LogP contribution >= 0.6 is 0 Å². The normalized spacial score (nSPS) is 14.5.